The minimum absolute atomic E-state index is 0.0154. The highest BCUT2D eigenvalue weighted by Gasteiger charge is 2.68. The van der Waals surface area contributed by atoms with Gasteiger partial charge in [0.25, 0.3) is 0 Å². The van der Waals surface area contributed by atoms with Crippen LogP contribution in [0.5, 0.6) is 11.5 Å². The van der Waals surface area contributed by atoms with Gasteiger partial charge in [-0.2, -0.15) is 8.78 Å². The number of benzene rings is 1. The maximum atomic E-state index is 13.2. The van der Waals surface area contributed by atoms with E-state index in [0.29, 0.717) is 24.5 Å². The molecule has 5 atom stereocenters. The highest BCUT2D eigenvalue weighted by molar-refractivity contribution is 5.76. The van der Waals surface area contributed by atoms with Crippen LogP contribution in [0.2, 0.25) is 0 Å². The molecule has 1 aromatic rings. The Morgan fingerprint density at radius 1 is 1.35 bits per heavy atom. The van der Waals surface area contributed by atoms with Crippen molar-refractivity contribution in [2.75, 3.05) is 13.7 Å². The molecule has 7 heteroatoms. The molecule has 5 nitrogen and oxygen atoms in total. The van der Waals surface area contributed by atoms with E-state index in [2.05, 4.69) is 19.2 Å². The average Bonchev–Trinajstić information content (AvgIpc) is 3.20. The Hall–Kier alpha value is -1.89. The molecule has 1 amide bonds. The zero-order chi connectivity index (χ0) is 22.4. The van der Waals surface area contributed by atoms with Gasteiger partial charge in [0.05, 0.1) is 13.2 Å². The summed E-state index contributed by atoms with van der Waals surface area (Å²) >= 11 is 0. The van der Waals surface area contributed by atoms with Gasteiger partial charge in [-0.15, -0.1) is 0 Å². The first-order chi connectivity index (χ1) is 14.7. The number of para-hydroxylation sites is 1. The fourth-order valence-electron chi connectivity index (χ4n) is 6.69. The predicted molar refractivity (Wildman–Crippen MR) is 112 cm³/mol. The van der Waals surface area contributed by atoms with Crippen LogP contribution in [0.25, 0.3) is 0 Å². The van der Waals surface area contributed by atoms with E-state index < -0.39 is 6.61 Å². The molecule has 1 spiro atoms. The molecule has 1 heterocycles. The van der Waals surface area contributed by atoms with Crippen molar-refractivity contribution in [1.82, 2.24) is 5.32 Å². The van der Waals surface area contributed by atoms with Gasteiger partial charge >= 0.3 is 6.61 Å². The van der Waals surface area contributed by atoms with Crippen molar-refractivity contribution < 1.29 is 27.8 Å². The largest absolute Gasteiger partial charge is 0.493 e. The Kier molecular flexibility index (Phi) is 5.92. The molecule has 3 aliphatic rings. The lowest BCUT2D eigenvalue weighted by molar-refractivity contribution is -0.138. The molecule has 1 unspecified atom stereocenters. The van der Waals surface area contributed by atoms with Crippen molar-refractivity contribution in [2.24, 2.45) is 22.7 Å². The Balaban J connectivity index is 1.71. The highest BCUT2D eigenvalue weighted by atomic mass is 19.3. The second-order valence-electron chi connectivity index (χ2n) is 9.85. The molecular weight excluding hydrogens is 404 g/mol. The predicted octanol–water partition coefficient (Wildman–Crippen LogP) is 5.10. The van der Waals surface area contributed by atoms with Crippen LogP contribution in [-0.4, -0.2) is 32.3 Å². The van der Waals surface area contributed by atoms with Gasteiger partial charge in [-0.05, 0) is 54.4 Å². The van der Waals surface area contributed by atoms with Crippen LogP contribution in [0.15, 0.2) is 18.2 Å². The fraction of sp³-hybridized carbons (Fsp3) is 0.708. The van der Waals surface area contributed by atoms with Gasteiger partial charge in [-0.25, -0.2) is 0 Å². The van der Waals surface area contributed by atoms with Crippen LogP contribution >= 0.6 is 0 Å². The van der Waals surface area contributed by atoms with Crippen LogP contribution in [0.3, 0.4) is 0 Å². The molecule has 31 heavy (non-hydrogen) atoms. The number of amides is 1. The van der Waals surface area contributed by atoms with Gasteiger partial charge < -0.3 is 19.5 Å². The molecule has 2 saturated carbocycles. The third-order valence-electron chi connectivity index (χ3n) is 8.03. The zero-order valence-corrected chi connectivity index (χ0v) is 18.8. The zero-order valence-electron chi connectivity index (χ0n) is 18.8. The molecule has 1 aliphatic heterocycles. The Morgan fingerprint density at radius 2 is 2.13 bits per heavy atom. The van der Waals surface area contributed by atoms with Crippen molar-refractivity contribution in [1.29, 1.82) is 0 Å². The van der Waals surface area contributed by atoms with Crippen LogP contribution < -0.4 is 14.8 Å². The number of halogens is 2. The van der Waals surface area contributed by atoms with E-state index in [1.54, 1.807) is 18.2 Å². The first-order valence-corrected chi connectivity index (χ1v) is 11.3. The van der Waals surface area contributed by atoms with Crippen LogP contribution in [0, 0.1) is 22.7 Å². The average molecular weight is 438 g/mol. The lowest BCUT2D eigenvalue weighted by Crippen LogP contribution is -2.58. The van der Waals surface area contributed by atoms with Gasteiger partial charge in [0.1, 0.15) is 0 Å². The minimum Gasteiger partial charge on any atom is -0.493 e. The number of fused-ring (bicyclic) bond motifs is 1. The monoisotopic (exact) mass is 437 g/mol. The second-order valence-corrected chi connectivity index (χ2v) is 9.85. The van der Waals surface area contributed by atoms with Gasteiger partial charge in [-0.3, -0.25) is 4.79 Å². The van der Waals surface area contributed by atoms with Gasteiger partial charge in [-0.1, -0.05) is 32.9 Å². The summed E-state index contributed by atoms with van der Waals surface area (Å²) in [6, 6.07) is 5.25. The van der Waals surface area contributed by atoms with E-state index in [9.17, 15) is 13.6 Å². The Morgan fingerprint density at radius 3 is 2.81 bits per heavy atom. The second kappa shape index (κ2) is 8.23. The summed E-state index contributed by atoms with van der Waals surface area (Å²) in [5, 5.41) is 3.36. The highest BCUT2D eigenvalue weighted by Crippen LogP contribution is 2.71. The maximum Gasteiger partial charge on any atom is 0.387 e. The van der Waals surface area contributed by atoms with Gasteiger partial charge in [0, 0.05) is 24.6 Å². The third-order valence-corrected chi connectivity index (χ3v) is 8.03. The Bertz CT molecular complexity index is 830. The van der Waals surface area contributed by atoms with Gasteiger partial charge in [0.15, 0.2) is 11.5 Å². The normalized spacial score (nSPS) is 33.3. The van der Waals surface area contributed by atoms with E-state index >= 15 is 0 Å². The van der Waals surface area contributed by atoms with Crippen molar-refractivity contribution in [3.05, 3.63) is 23.8 Å². The van der Waals surface area contributed by atoms with E-state index in [4.69, 9.17) is 14.2 Å². The lowest BCUT2D eigenvalue weighted by atomic mass is 9.58. The summed E-state index contributed by atoms with van der Waals surface area (Å²) in [5.41, 5.74) is 0.483. The first-order valence-electron chi connectivity index (χ1n) is 11.3. The third kappa shape index (κ3) is 3.59. The maximum absolute atomic E-state index is 13.2. The Labute approximate surface area is 182 Å². The number of carbonyl (C=O) groups excluding carboxylic acids is 1. The summed E-state index contributed by atoms with van der Waals surface area (Å²) in [7, 11) is 1.44. The molecule has 2 aliphatic carbocycles. The lowest BCUT2D eigenvalue weighted by Gasteiger charge is -2.53. The smallest absolute Gasteiger partial charge is 0.387 e. The van der Waals surface area contributed by atoms with Crippen molar-refractivity contribution >= 4 is 5.91 Å². The number of hydrogen-bond acceptors (Lipinski definition) is 4. The number of carbonyl (C=O) groups is 1. The van der Waals surface area contributed by atoms with E-state index in [1.807, 2.05) is 6.92 Å². The molecule has 1 N–H and O–H groups in total. The molecule has 1 aromatic carbocycles. The summed E-state index contributed by atoms with van der Waals surface area (Å²) in [6.07, 6.45) is 3.78. The molecule has 3 fully saturated rings. The van der Waals surface area contributed by atoms with Gasteiger partial charge in [0.2, 0.25) is 5.91 Å². The van der Waals surface area contributed by atoms with E-state index in [0.717, 1.165) is 25.7 Å². The summed E-state index contributed by atoms with van der Waals surface area (Å²) in [6.45, 7) is 4.08. The SMILES string of the molecule is CCCC(=O)N[C@H]1C(C)(C)[C@@H]2C[C@@H]3[C@@H](c4cccc(OC)c4OC(F)F)OCCC31C2. The number of rotatable bonds is 7. The minimum atomic E-state index is -2.95. The molecule has 0 aromatic heterocycles. The quantitative estimate of drug-likeness (QED) is 0.645. The summed E-state index contributed by atoms with van der Waals surface area (Å²) in [5.74, 6) is 0.984. The van der Waals surface area contributed by atoms with Crippen LogP contribution in [-0.2, 0) is 9.53 Å². The molecule has 172 valence electrons. The molecular formula is C24H33F2NO4. The molecule has 1 saturated heterocycles. The standard InChI is InChI=1S/C24H33F2NO4/c1-5-7-18(28)27-21-23(2,3)14-12-16-19(30-11-10-24(16,21)13-14)15-8-6-9-17(29-4)20(15)31-22(25)26/h6,8-9,14,16,19,21-22H,5,7,10-13H2,1-4H3,(H,27,28)/t14-,16-,19-,21+,24?/m1/s1. The molecule has 4 rings (SSSR count). The molecule has 0 radical (unpaired) electrons. The summed E-state index contributed by atoms with van der Waals surface area (Å²) < 4.78 is 42.9. The topological polar surface area (TPSA) is 56.8 Å². The van der Waals surface area contributed by atoms with E-state index in [-0.39, 0.29) is 46.3 Å². The van der Waals surface area contributed by atoms with Crippen molar-refractivity contribution in [3.63, 3.8) is 0 Å². The summed E-state index contributed by atoms with van der Waals surface area (Å²) in [4.78, 5) is 12.6. The number of hydrogen-bond donors (Lipinski definition) is 1. The van der Waals surface area contributed by atoms with Crippen molar-refractivity contribution in [2.45, 2.75) is 71.6 Å². The van der Waals surface area contributed by atoms with Crippen molar-refractivity contribution in [3.8, 4) is 11.5 Å². The number of methoxy groups -OCH3 is 1. The number of nitrogens with one attached hydrogen (secondary N) is 1. The number of alkyl halides is 2. The van der Waals surface area contributed by atoms with Crippen LogP contribution in [0.4, 0.5) is 8.78 Å². The van der Waals surface area contributed by atoms with E-state index in [1.165, 1.54) is 7.11 Å². The van der Waals surface area contributed by atoms with Crippen LogP contribution in [0.1, 0.15) is 64.5 Å². The molecule has 2 bridgehead atoms. The first kappa shape index (κ1) is 22.3. The number of ether oxygens (including phenoxy) is 3. The fourth-order valence-corrected chi connectivity index (χ4v) is 6.69.